The van der Waals surface area contributed by atoms with E-state index in [9.17, 15) is 0 Å². The molecule has 0 unspecified atom stereocenters. The second kappa shape index (κ2) is 3.96. The van der Waals surface area contributed by atoms with Crippen molar-refractivity contribution in [2.24, 2.45) is 0 Å². The summed E-state index contributed by atoms with van der Waals surface area (Å²) in [6.07, 6.45) is 0. The minimum Gasteiger partial charge on any atom is -0.192 e. The van der Waals surface area contributed by atoms with Gasteiger partial charge >= 0.3 is 0 Å². The Hall–Kier alpha value is -2.10. The third-order valence-electron chi connectivity index (χ3n) is 2.03. The molecule has 0 bridgehead atoms. The summed E-state index contributed by atoms with van der Waals surface area (Å²) >= 11 is 1.51. The van der Waals surface area contributed by atoms with E-state index in [4.69, 9.17) is 10.5 Å². The van der Waals surface area contributed by atoms with E-state index in [2.05, 4.69) is 12.1 Å². The van der Waals surface area contributed by atoms with Crippen LogP contribution in [0.2, 0.25) is 0 Å². The first-order valence-corrected chi connectivity index (χ1v) is 5.13. The standard InChI is InChI=1S/C12H5N2S/c13-7-9-3-1-4-10(11(9)8-14)12-5-2-6-15-12/h1,3-6H. The Balaban J connectivity index is 2.70. The van der Waals surface area contributed by atoms with Crippen molar-refractivity contribution >= 4 is 11.3 Å². The predicted octanol–water partition coefficient (Wildman–Crippen LogP) is 2.96. The lowest BCUT2D eigenvalue weighted by molar-refractivity contribution is 1.43. The van der Waals surface area contributed by atoms with E-state index in [0.717, 1.165) is 10.4 Å². The summed E-state index contributed by atoms with van der Waals surface area (Å²) < 4.78 is 0. The Kier molecular flexibility index (Phi) is 2.49. The summed E-state index contributed by atoms with van der Waals surface area (Å²) in [7, 11) is 0. The zero-order valence-electron chi connectivity index (χ0n) is 7.69. The van der Waals surface area contributed by atoms with Gasteiger partial charge in [0.2, 0.25) is 0 Å². The fraction of sp³-hybridized carbons (Fsp3) is 0. The summed E-state index contributed by atoms with van der Waals surface area (Å²) in [4.78, 5) is 0.962. The molecule has 0 saturated heterocycles. The number of thiophene rings is 1. The second-order valence-electron chi connectivity index (χ2n) is 2.86. The molecule has 0 saturated carbocycles. The molecule has 15 heavy (non-hydrogen) atoms. The van der Waals surface area contributed by atoms with Crippen LogP contribution < -0.4 is 0 Å². The van der Waals surface area contributed by atoms with Gasteiger partial charge in [0.1, 0.15) is 12.1 Å². The third-order valence-corrected chi connectivity index (χ3v) is 2.88. The van der Waals surface area contributed by atoms with Gasteiger partial charge in [0.15, 0.2) is 0 Å². The van der Waals surface area contributed by atoms with Crippen LogP contribution in [0.3, 0.4) is 0 Å². The van der Waals surface area contributed by atoms with Gasteiger partial charge in [0.05, 0.1) is 11.1 Å². The van der Waals surface area contributed by atoms with Crippen LogP contribution >= 0.6 is 11.3 Å². The number of hydrogen-bond donors (Lipinski definition) is 0. The molecule has 2 nitrogen and oxygen atoms in total. The molecular weight excluding hydrogens is 204 g/mol. The fourth-order valence-corrected chi connectivity index (χ4v) is 2.05. The largest absolute Gasteiger partial charge is 0.192 e. The number of nitrogens with zero attached hydrogens (tertiary/aromatic N) is 2. The number of rotatable bonds is 1. The van der Waals surface area contributed by atoms with E-state index < -0.39 is 0 Å². The van der Waals surface area contributed by atoms with Gasteiger partial charge in [-0.15, -0.1) is 11.3 Å². The van der Waals surface area contributed by atoms with Crippen molar-refractivity contribution in [2.75, 3.05) is 0 Å². The fourth-order valence-electron chi connectivity index (χ4n) is 1.35. The molecule has 0 atom stereocenters. The third kappa shape index (κ3) is 1.61. The molecule has 3 heteroatoms. The maximum Gasteiger partial charge on any atom is 0.101 e. The van der Waals surface area contributed by atoms with Crippen LogP contribution in [0.1, 0.15) is 11.1 Å². The molecule has 0 aliphatic carbocycles. The van der Waals surface area contributed by atoms with Crippen LogP contribution in [0, 0.1) is 28.7 Å². The first kappa shape index (κ1) is 9.45. The van der Waals surface area contributed by atoms with Gasteiger partial charge in [-0.2, -0.15) is 10.5 Å². The van der Waals surface area contributed by atoms with Gasteiger partial charge in [-0.25, -0.2) is 0 Å². The van der Waals surface area contributed by atoms with E-state index >= 15 is 0 Å². The summed E-state index contributed by atoms with van der Waals surface area (Å²) in [5, 5.41) is 19.7. The average Bonchev–Trinajstić information content (AvgIpc) is 2.81. The molecule has 0 fully saturated rings. The molecule has 1 aromatic heterocycles. The molecule has 0 aliphatic rings. The zero-order chi connectivity index (χ0) is 10.7. The molecule has 1 aromatic carbocycles. The smallest absolute Gasteiger partial charge is 0.101 e. The molecule has 0 N–H and O–H groups in total. The predicted molar refractivity (Wildman–Crippen MR) is 58.0 cm³/mol. The first-order chi connectivity index (χ1) is 7.36. The van der Waals surface area contributed by atoms with Crippen molar-refractivity contribution in [3.8, 4) is 22.6 Å². The molecule has 0 aliphatic heterocycles. The first-order valence-electron chi connectivity index (χ1n) is 4.25. The molecule has 2 aromatic rings. The van der Waals surface area contributed by atoms with E-state index in [1.165, 1.54) is 11.3 Å². The lowest BCUT2D eigenvalue weighted by Crippen LogP contribution is -1.87. The normalized spacial score (nSPS) is 9.20. The average molecular weight is 209 g/mol. The summed E-state index contributed by atoms with van der Waals surface area (Å²) in [6, 6.07) is 14.1. The Morgan fingerprint density at radius 2 is 2.07 bits per heavy atom. The SMILES string of the molecule is N#Cc1cccc(-c2c[c]cs2)c1C#N. The van der Waals surface area contributed by atoms with E-state index in [0.29, 0.717) is 11.1 Å². The Bertz CT molecular complexity index is 556. The minimum atomic E-state index is 0.420. The van der Waals surface area contributed by atoms with Crippen molar-refractivity contribution in [3.63, 3.8) is 0 Å². The van der Waals surface area contributed by atoms with Gasteiger partial charge < -0.3 is 0 Å². The van der Waals surface area contributed by atoms with Gasteiger partial charge in [0.25, 0.3) is 0 Å². The highest BCUT2D eigenvalue weighted by molar-refractivity contribution is 7.13. The van der Waals surface area contributed by atoms with E-state index in [-0.39, 0.29) is 0 Å². The molecule has 69 valence electrons. The maximum atomic E-state index is 9.02. The molecule has 0 spiro atoms. The monoisotopic (exact) mass is 209 g/mol. The highest BCUT2D eigenvalue weighted by Gasteiger charge is 2.09. The highest BCUT2D eigenvalue weighted by Crippen LogP contribution is 2.28. The van der Waals surface area contributed by atoms with Crippen LogP contribution in [-0.2, 0) is 0 Å². The molecule has 0 amide bonds. The lowest BCUT2D eigenvalue weighted by Gasteiger charge is -2.01. The summed E-state index contributed by atoms with van der Waals surface area (Å²) in [5.74, 6) is 0. The van der Waals surface area contributed by atoms with Crippen LogP contribution in [0.4, 0.5) is 0 Å². The number of hydrogen-bond acceptors (Lipinski definition) is 3. The molecular formula is C12H5N2S. The van der Waals surface area contributed by atoms with Gasteiger partial charge in [0, 0.05) is 10.4 Å². The quantitative estimate of drug-likeness (QED) is 0.724. The van der Waals surface area contributed by atoms with Crippen molar-refractivity contribution in [1.82, 2.24) is 0 Å². The second-order valence-corrected chi connectivity index (χ2v) is 3.77. The van der Waals surface area contributed by atoms with Crippen molar-refractivity contribution in [3.05, 3.63) is 46.8 Å². The van der Waals surface area contributed by atoms with Crippen molar-refractivity contribution < 1.29 is 0 Å². The summed E-state index contributed by atoms with van der Waals surface area (Å²) in [6.45, 7) is 0. The summed E-state index contributed by atoms with van der Waals surface area (Å²) in [5.41, 5.74) is 1.67. The molecule has 1 heterocycles. The van der Waals surface area contributed by atoms with Crippen LogP contribution in [0.5, 0.6) is 0 Å². The number of benzene rings is 1. The minimum absolute atomic E-state index is 0.420. The zero-order valence-corrected chi connectivity index (χ0v) is 8.51. The Labute approximate surface area is 91.6 Å². The highest BCUT2D eigenvalue weighted by atomic mass is 32.1. The van der Waals surface area contributed by atoms with Crippen molar-refractivity contribution in [1.29, 1.82) is 10.5 Å². The van der Waals surface area contributed by atoms with Gasteiger partial charge in [-0.3, -0.25) is 0 Å². The van der Waals surface area contributed by atoms with Crippen molar-refractivity contribution in [2.45, 2.75) is 0 Å². The number of nitriles is 2. The van der Waals surface area contributed by atoms with Gasteiger partial charge in [-0.05, 0) is 23.6 Å². The van der Waals surface area contributed by atoms with E-state index in [1.54, 1.807) is 12.1 Å². The molecule has 1 radical (unpaired) electrons. The van der Waals surface area contributed by atoms with Crippen LogP contribution in [-0.4, -0.2) is 0 Å². The Morgan fingerprint density at radius 3 is 2.67 bits per heavy atom. The topological polar surface area (TPSA) is 47.6 Å². The van der Waals surface area contributed by atoms with Crippen LogP contribution in [0.25, 0.3) is 10.4 Å². The molecule has 2 rings (SSSR count). The Morgan fingerprint density at radius 1 is 1.20 bits per heavy atom. The maximum absolute atomic E-state index is 9.02. The van der Waals surface area contributed by atoms with E-state index in [1.807, 2.05) is 23.6 Å². The lowest BCUT2D eigenvalue weighted by atomic mass is 10.0. The van der Waals surface area contributed by atoms with Gasteiger partial charge in [-0.1, -0.05) is 12.1 Å². The van der Waals surface area contributed by atoms with Crippen LogP contribution in [0.15, 0.2) is 29.6 Å².